The van der Waals surface area contributed by atoms with Crippen molar-refractivity contribution in [2.24, 2.45) is 5.73 Å². The lowest BCUT2D eigenvalue weighted by molar-refractivity contribution is -0.137. The minimum Gasteiger partial charge on any atom is -0.481 e. The number of nitrogens with two attached hydrogens (primary N) is 1. The van der Waals surface area contributed by atoms with Crippen molar-refractivity contribution >= 4 is 5.97 Å². The molecule has 3 nitrogen and oxygen atoms in total. The Labute approximate surface area is 96.0 Å². The molecule has 0 heterocycles. The van der Waals surface area contributed by atoms with Crippen LogP contribution < -0.4 is 5.73 Å². The summed E-state index contributed by atoms with van der Waals surface area (Å²) in [6.45, 7) is 0. The number of aliphatic carboxylic acids is 1. The smallest absolute Gasteiger partial charge is 0.304 e. The summed E-state index contributed by atoms with van der Waals surface area (Å²) in [5.74, 6) is -4.29. The average molecular weight is 247 g/mol. The van der Waals surface area contributed by atoms with Crippen molar-refractivity contribution in [1.29, 1.82) is 0 Å². The molecule has 94 valence electrons. The van der Waals surface area contributed by atoms with E-state index in [1.54, 1.807) is 0 Å². The summed E-state index contributed by atoms with van der Waals surface area (Å²) in [5.41, 5.74) is 5.46. The number of carbonyl (C=O) groups is 1. The normalized spacial score (nSPS) is 12.5. The maximum Gasteiger partial charge on any atom is 0.304 e. The van der Waals surface area contributed by atoms with E-state index in [0.29, 0.717) is 6.07 Å². The van der Waals surface area contributed by atoms with Gasteiger partial charge in [-0.15, -0.1) is 0 Å². The van der Waals surface area contributed by atoms with Crippen molar-refractivity contribution in [3.8, 4) is 0 Å². The van der Waals surface area contributed by atoms with Gasteiger partial charge in [-0.25, -0.2) is 13.2 Å². The Bertz CT molecular complexity index is 423. The fourth-order valence-corrected chi connectivity index (χ4v) is 1.42. The molecule has 0 bridgehead atoms. The zero-order chi connectivity index (χ0) is 13.0. The van der Waals surface area contributed by atoms with Crippen molar-refractivity contribution in [3.05, 3.63) is 35.1 Å². The zero-order valence-electron chi connectivity index (χ0n) is 8.92. The molecule has 1 aromatic rings. The predicted octanol–water partition coefficient (Wildman–Crippen LogP) is 1.84. The topological polar surface area (TPSA) is 63.3 Å². The molecule has 0 aromatic heterocycles. The highest BCUT2D eigenvalue weighted by molar-refractivity contribution is 5.67. The number of carboxylic acid groups (broad SMARTS) is 1. The Morgan fingerprint density at radius 1 is 1.24 bits per heavy atom. The van der Waals surface area contributed by atoms with Gasteiger partial charge in [0.15, 0.2) is 11.6 Å². The summed E-state index contributed by atoms with van der Waals surface area (Å²) < 4.78 is 38.6. The highest BCUT2D eigenvalue weighted by atomic mass is 19.2. The van der Waals surface area contributed by atoms with E-state index in [0.717, 1.165) is 6.07 Å². The molecular weight excluding hydrogens is 235 g/mol. The second-order valence-electron chi connectivity index (χ2n) is 3.75. The van der Waals surface area contributed by atoms with Crippen LogP contribution >= 0.6 is 0 Å². The third-order valence-electron chi connectivity index (χ3n) is 2.31. The summed E-state index contributed by atoms with van der Waals surface area (Å²) in [7, 11) is 0. The number of rotatable bonds is 5. The zero-order valence-corrected chi connectivity index (χ0v) is 8.92. The van der Waals surface area contributed by atoms with E-state index in [2.05, 4.69) is 0 Å². The lowest BCUT2D eigenvalue weighted by Gasteiger charge is -2.09. The van der Waals surface area contributed by atoms with Crippen molar-refractivity contribution in [3.63, 3.8) is 0 Å². The van der Waals surface area contributed by atoms with Gasteiger partial charge in [-0.1, -0.05) is 0 Å². The first-order valence-electron chi connectivity index (χ1n) is 5.01. The molecule has 0 saturated carbocycles. The van der Waals surface area contributed by atoms with Gasteiger partial charge in [0.05, 0.1) is 6.42 Å². The molecule has 1 aromatic carbocycles. The van der Waals surface area contributed by atoms with E-state index in [1.807, 2.05) is 0 Å². The third-order valence-corrected chi connectivity index (χ3v) is 2.31. The van der Waals surface area contributed by atoms with E-state index >= 15 is 0 Å². The predicted molar refractivity (Wildman–Crippen MR) is 54.9 cm³/mol. The molecule has 0 saturated heterocycles. The molecule has 0 spiro atoms. The first-order valence-corrected chi connectivity index (χ1v) is 5.01. The van der Waals surface area contributed by atoms with Gasteiger partial charge in [-0.05, 0) is 24.5 Å². The molecule has 17 heavy (non-hydrogen) atoms. The second-order valence-corrected chi connectivity index (χ2v) is 3.75. The standard InChI is InChI=1S/C11H12F3NO2/c12-8-5-10(14)9(13)3-6(8)1-2-7(15)4-11(16)17/h3,5,7H,1-2,4,15H2,(H,16,17)/t7-/m0/s1. The van der Waals surface area contributed by atoms with Gasteiger partial charge in [0, 0.05) is 12.1 Å². The minimum atomic E-state index is -1.25. The maximum atomic E-state index is 13.2. The molecule has 0 fully saturated rings. The van der Waals surface area contributed by atoms with Gasteiger partial charge in [-0.2, -0.15) is 0 Å². The minimum absolute atomic E-state index is 0.00950. The van der Waals surface area contributed by atoms with Crippen LogP contribution in [0.4, 0.5) is 13.2 Å². The molecular formula is C11H12F3NO2. The monoisotopic (exact) mass is 247 g/mol. The van der Waals surface area contributed by atoms with Crippen molar-refractivity contribution in [2.75, 3.05) is 0 Å². The van der Waals surface area contributed by atoms with Crippen LogP contribution in [-0.2, 0) is 11.2 Å². The van der Waals surface area contributed by atoms with Gasteiger partial charge in [-0.3, -0.25) is 4.79 Å². The Balaban J connectivity index is 2.63. The van der Waals surface area contributed by atoms with Gasteiger partial charge >= 0.3 is 5.97 Å². The third kappa shape index (κ3) is 4.07. The van der Waals surface area contributed by atoms with Crippen molar-refractivity contribution in [2.45, 2.75) is 25.3 Å². The van der Waals surface area contributed by atoms with Gasteiger partial charge in [0.1, 0.15) is 5.82 Å². The van der Waals surface area contributed by atoms with Crippen LogP contribution in [0.2, 0.25) is 0 Å². The van der Waals surface area contributed by atoms with E-state index in [4.69, 9.17) is 10.8 Å². The van der Waals surface area contributed by atoms with Gasteiger partial charge < -0.3 is 10.8 Å². The number of hydrogen-bond donors (Lipinski definition) is 2. The fourth-order valence-electron chi connectivity index (χ4n) is 1.42. The number of hydrogen-bond acceptors (Lipinski definition) is 2. The lowest BCUT2D eigenvalue weighted by Crippen LogP contribution is -2.24. The van der Waals surface area contributed by atoms with Crippen LogP contribution in [0.15, 0.2) is 12.1 Å². The number of halogens is 3. The molecule has 6 heteroatoms. The van der Waals surface area contributed by atoms with Crippen molar-refractivity contribution in [1.82, 2.24) is 0 Å². The van der Waals surface area contributed by atoms with Crippen LogP contribution in [0, 0.1) is 17.5 Å². The Hall–Kier alpha value is -1.56. The summed E-state index contributed by atoms with van der Waals surface area (Å²) >= 11 is 0. The van der Waals surface area contributed by atoms with Crippen LogP contribution in [0.25, 0.3) is 0 Å². The molecule has 0 aliphatic carbocycles. The van der Waals surface area contributed by atoms with E-state index in [1.165, 1.54) is 0 Å². The molecule has 1 rings (SSSR count). The number of carboxylic acids is 1. The molecule has 0 radical (unpaired) electrons. The highest BCUT2D eigenvalue weighted by Crippen LogP contribution is 2.16. The quantitative estimate of drug-likeness (QED) is 0.780. The summed E-state index contributed by atoms with van der Waals surface area (Å²) in [6, 6.07) is 0.589. The molecule has 0 amide bonds. The largest absolute Gasteiger partial charge is 0.481 e. The van der Waals surface area contributed by atoms with Crippen LogP contribution in [-0.4, -0.2) is 17.1 Å². The van der Waals surface area contributed by atoms with E-state index < -0.39 is 29.5 Å². The van der Waals surface area contributed by atoms with Gasteiger partial charge in [0.25, 0.3) is 0 Å². The molecule has 0 unspecified atom stereocenters. The molecule has 0 aliphatic rings. The average Bonchev–Trinajstić information content (AvgIpc) is 2.20. The molecule has 3 N–H and O–H groups in total. The first kappa shape index (κ1) is 13.5. The molecule has 1 atom stereocenters. The van der Waals surface area contributed by atoms with Crippen LogP contribution in [0.1, 0.15) is 18.4 Å². The summed E-state index contributed by atoms with van der Waals surface area (Å²) in [4.78, 5) is 10.3. The van der Waals surface area contributed by atoms with E-state index in [-0.39, 0.29) is 24.8 Å². The second kappa shape index (κ2) is 5.67. The SMILES string of the molecule is N[C@@H](CCc1cc(F)c(F)cc1F)CC(=O)O. The fraction of sp³-hybridized carbons (Fsp3) is 0.364. The Kier molecular flexibility index (Phi) is 4.51. The summed E-state index contributed by atoms with van der Waals surface area (Å²) in [5, 5.41) is 8.45. The Morgan fingerprint density at radius 2 is 1.82 bits per heavy atom. The lowest BCUT2D eigenvalue weighted by atomic mass is 10.0. The number of benzene rings is 1. The van der Waals surface area contributed by atoms with Crippen LogP contribution in [0.3, 0.4) is 0 Å². The number of aryl methyl sites for hydroxylation is 1. The first-order chi connectivity index (χ1) is 7.90. The van der Waals surface area contributed by atoms with Gasteiger partial charge in [0.2, 0.25) is 0 Å². The highest BCUT2D eigenvalue weighted by Gasteiger charge is 2.12. The van der Waals surface area contributed by atoms with Crippen LogP contribution in [0.5, 0.6) is 0 Å². The molecule has 0 aliphatic heterocycles. The summed E-state index contributed by atoms with van der Waals surface area (Å²) in [6.07, 6.45) is 0.0110. The Morgan fingerprint density at radius 3 is 2.41 bits per heavy atom. The maximum absolute atomic E-state index is 13.2. The van der Waals surface area contributed by atoms with Crippen molar-refractivity contribution < 1.29 is 23.1 Å². The van der Waals surface area contributed by atoms with E-state index in [9.17, 15) is 18.0 Å².